The molecule has 0 radical (unpaired) electrons. The van der Waals surface area contributed by atoms with Gasteiger partial charge in [-0.1, -0.05) is 35.9 Å². The molecule has 0 atom stereocenters. The van der Waals surface area contributed by atoms with Crippen molar-refractivity contribution in [1.29, 1.82) is 0 Å². The summed E-state index contributed by atoms with van der Waals surface area (Å²) in [5.74, 6) is 0.274. The first kappa shape index (κ1) is 17.0. The maximum atomic E-state index is 12.4. The molecule has 2 aromatic carbocycles. The minimum atomic E-state index is -0.222. The van der Waals surface area contributed by atoms with Crippen molar-refractivity contribution in [1.82, 2.24) is 15.1 Å². The van der Waals surface area contributed by atoms with Gasteiger partial charge in [-0.05, 0) is 35.4 Å². The molecule has 6 heteroatoms. The van der Waals surface area contributed by atoms with Crippen molar-refractivity contribution in [2.75, 3.05) is 7.11 Å². The van der Waals surface area contributed by atoms with E-state index < -0.39 is 0 Å². The van der Waals surface area contributed by atoms with E-state index in [4.69, 9.17) is 16.3 Å². The van der Waals surface area contributed by atoms with Crippen molar-refractivity contribution in [2.24, 2.45) is 0 Å². The van der Waals surface area contributed by atoms with Gasteiger partial charge in [0.25, 0.3) is 5.91 Å². The zero-order valence-corrected chi connectivity index (χ0v) is 14.5. The van der Waals surface area contributed by atoms with E-state index in [2.05, 4.69) is 10.4 Å². The molecule has 0 aliphatic rings. The molecule has 3 aromatic rings. The molecule has 0 aliphatic heterocycles. The number of carbonyl (C=O) groups is 1. The van der Waals surface area contributed by atoms with E-state index in [1.807, 2.05) is 41.2 Å². The van der Waals surface area contributed by atoms with E-state index in [0.29, 0.717) is 22.9 Å². The summed E-state index contributed by atoms with van der Waals surface area (Å²) in [5.41, 5.74) is 2.58. The van der Waals surface area contributed by atoms with Crippen molar-refractivity contribution in [3.05, 3.63) is 82.6 Å². The van der Waals surface area contributed by atoms with Gasteiger partial charge >= 0.3 is 0 Å². The highest BCUT2D eigenvalue weighted by atomic mass is 35.5. The van der Waals surface area contributed by atoms with Crippen LogP contribution in [0.1, 0.15) is 21.5 Å². The van der Waals surface area contributed by atoms with Gasteiger partial charge < -0.3 is 10.1 Å². The van der Waals surface area contributed by atoms with Crippen molar-refractivity contribution in [2.45, 2.75) is 13.1 Å². The fourth-order valence-electron chi connectivity index (χ4n) is 2.48. The number of ether oxygens (including phenoxy) is 1. The number of rotatable bonds is 6. The normalized spacial score (nSPS) is 10.5. The molecule has 1 heterocycles. The van der Waals surface area contributed by atoms with E-state index >= 15 is 0 Å². The number of aromatic nitrogens is 2. The van der Waals surface area contributed by atoms with Crippen LogP contribution in [0.15, 0.2) is 60.9 Å². The van der Waals surface area contributed by atoms with E-state index in [1.165, 1.54) is 7.11 Å². The van der Waals surface area contributed by atoms with Crippen molar-refractivity contribution in [3.63, 3.8) is 0 Å². The number of methoxy groups -OCH3 is 1. The van der Waals surface area contributed by atoms with Crippen LogP contribution in [0.25, 0.3) is 0 Å². The Labute approximate surface area is 151 Å². The molecule has 25 heavy (non-hydrogen) atoms. The fraction of sp³-hybridized carbons (Fsp3) is 0.158. The highest BCUT2D eigenvalue weighted by Crippen LogP contribution is 2.22. The Hall–Kier alpha value is -2.79. The van der Waals surface area contributed by atoms with Crippen LogP contribution in [0.2, 0.25) is 5.02 Å². The lowest BCUT2D eigenvalue weighted by Gasteiger charge is -2.10. The zero-order valence-electron chi connectivity index (χ0n) is 13.8. The molecule has 128 valence electrons. The van der Waals surface area contributed by atoms with E-state index in [-0.39, 0.29) is 5.91 Å². The summed E-state index contributed by atoms with van der Waals surface area (Å²) in [6, 6.07) is 14.9. The maximum Gasteiger partial charge on any atom is 0.255 e. The maximum absolute atomic E-state index is 12.4. The topological polar surface area (TPSA) is 56.1 Å². The lowest BCUT2D eigenvalue weighted by atomic mass is 10.1. The SMILES string of the molecule is COc1ccc(Cl)cc1C(=O)NCc1ccc(Cn2cccn2)cc1. The molecule has 0 aliphatic carbocycles. The predicted molar refractivity (Wildman–Crippen MR) is 96.9 cm³/mol. The Morgan fingerprint density at radius 3 is 2.64 bits per heavy atom. The molecule has 5 nitrogen and oxygen atoms in total. The average Bonchev–Trinajstić information content (AvgIpc) is 3.14. The number of hydrogen-bond donors (Lipinski definition) is 1. The van der Waals surface area contributed by atoms with Crippen LogP contribution in [-0.2, 0) is 13.1 Å². The van der Waals surface area contributed by atoms with Gasteiger partial charge in [-0.2, -0.15) is 5.10 Å². The standard InChI is InChI=1S/C19H18ClN3O2/c1-25-18-8-7-16(20)11-17(18)19(24)21-12-14-3-5-15(6-4-14)13-23-10-2-9-22-23/h2-11H,12-13H2,1H3,(H,21,24). The number of nitrogens with zero attached hydrogens (tertiary/aromatic N) is 2. The smallest absolute Gasteiger partial charge is 0.255 e. The third kappa shape index (κ3) is 4.39. The molecule has 0 saturated heterocycles. The second-order valence-electron chi connectivity index (χ2n) is 5.55. The molecule has 1 aromatic heterocycles. The molecular formula is C19H18ClN3O2. The summed E-state index contributed by atoms with van der Waals surface area (Å²) in [6.07, 6.45) is 3.68. The summed E-state index contributed by atoms with van der Waals surface area (Å²) in [7, 11) is 1.53. The van der Waals surface area contributed by atoms with E-state index in [9.17, 15) is 4.79 Å². The first-order valence-electron chi connectivity index (χ1n) is 7.82. The van der Waals surface area contributed by atoms with Gasteiger partial charge in [-0.15, -0.1) is 0 Å². The Morgan fingerprint density at radius 2 is 1.96 bits per heavy atom. The van der Waals surface area contributed by atoms with Gasteiger partial charge in [-0.25, -0.2) is 0 Å². The number of carbonyl (C=O) groups excluding carboxylic acids is 1. The fourth-order valence-corrected chi connectivity index (χ4v) is 2.65. The zero-order chi connectivity index (χ0) is 17.6. The van der Waals surface area contributed by atoms with Crippen molar-refractivity contribution in [3.8, 4) is 5.75 Å². The summed E-state index contributed by atoms with van der Waals surface area (Å²) >= 11 is 5.97. The summed E-state index contributed by atoms with van der Waals surface area (Å²) in [6.45, 7) is 1.15. The molecule has 0 spiro atoms. The molecule has 0 fully saturated rings. The third-order valence-corrected chi connectivity index (χ3v) is 4.02. The van der Waals surface area contributed by atoms with Crippen LogP contribution in [-0.4, -0.2) is 22.8 Å². The van der Waals surface area contributed by atoms with Crippen LogP contribution in [0.5, 0.6) is 5.75 Å². The van der Waals surface area contributed by atoms with Crippen LogP contribution >= 0.6 is 11.6 Å². The first-order valence-corrected chi connectivity index (χ1v) is 8.20. The van der Waals surface area contributed by atoms with Crippen LogP contribution in [0, 0.1) is 0 Å². The van der Waals surface area contributed by atoms with Crippen molar-refractivity contribution < 1.29 is 9.53 Å². The minimum Gasteiger partial charge on any atom is -0.496 e. The number of hydrogen-bond acceptors (Lipinski definition) is 3. The Kier molecular flexibility index (Phi) is 5.36. The molecular weight excluding hydrogens is 338 g/mol. The van der Waals surface area contributed by atoms with Crippen LogP contribution < -0.4 is 10.1 Å². The summed E-state index contributed by atoms with van der Waals surface area (Å²) in [4.78, 5) is 12.4. The van der Waals surface area contributed by atoms with Gasteiger partial charge in [0.15, 0.2) is 0 Å². The van der Waals surface area contributed by atoms with Gasteiger partial charge in [0.05, 0.1) is 19.2 Å². The number of amides is 1. The largest absolute Gasteiger partial charge is 0.496 e. The third-order valence-electron chi connectivity index (χ3n) is 3.79. The first-order chi connectivity index (χ1) is 12.2. The second kappa shape index (κ2) is 7.85. The molecule has 0 unspecified atom stereocenters. The van der Waals surface area contributed by atoms with Crippen LogP contribution in [0.3, 0.4) is 0 Å². The second-order valence-corrected chi connectivity index (χ2v) is 5.98. The van der Waals surface area contributed by atoms with Crippen LogP contribution in [0.4, 0.5) is 0 Å². The van der Waals surface area contributed by atoms with E-state index in [0.717, 1.165) is 17.7 Å². The molecule has 1 amide bonds. The summed E-state index contributed by atoms with van der Waals surface area (Å²) in [5, 5.41) is 7.57. The number of halogens is 1. The van der Waals surface area contributed by atoms with Gasteiger partial charge in [0, 0.05) is 24.0 Å². The number of benzene rings is 2. The summed E-state index contributed by atoms with van der Waals surface area (Å²) < 4.78 is 7.07. The van der Waals surface area contributed by atoms with Crippen molar-refractivity contribution >= 4 is 17.5 Å². The molecule has 1 N–H and O–H groups in total. The van der Waals surface area contributed by atoms with Gasteiger partial charge in [-0.3, -0.25) is 9.48 Å². The van der Waals surface area contributed by atoms with Gasteiger partial charge in [0.2, 0.25) is 0 Å². The van der Waals surface area contributed by atoms with Gasteiger partial charge in [0.1, 0.15) is 5.75 Å². The number of nitrogens with one attached hydrogen (secondary N) is 1. The lowest BCUT2D eigenvalue weighted by molar-refractivity contribution is 0.0948. The predicted octanol–water partition coefficient (Wildman–Crippen LogP) is 3.52. The quantitative estimate of drug-likeness (QED) is 0.736. The monoisotopic (exact) mass is 355 g/mol. The molecule has 0 saturated carbocycles. The highest BCUT2D eigenvalue weighted by molar-refractivity contribution is 6.31. The molecule has 3 rings (SSSR count). The minimum absolute atomic E-state index is 0.222. The average molecular weight is 356 g/mol. The van der Waals surface area contributed by atoms with E-state index in [1.54, 1.807) is 24.4 Å². The Balaban J connectivity index is 1.61. The highest BCUT2D eigenvalue weighted by Gasteiger charge is 2.12. The lowest BCUT2D eigenvalue weighted by Crippen LogP contribution is -2.23. The Morgan fingerprint density at radius 1 is 1.20 bits per heavy atom. The Bertz CT molecular complexity index is 846. The molecule has 0 bridgehead atoms.